The molecular formula is C15H18FNO2. The topological polar surface area (TPSA) is 40.5 Å². The van der Waals surface area contributed by atoms with E-state index in [0.29, 0.717) is 6.54 Å². The molecule has 1 aromatic carbocycles. The minimum Gasteiger partial charge on any atom is -0.481 e. The van der Waals surface area contributed by atoms with Crippen LogP contribution in [0.15, 0.2) is 18.2 Å². The quantitative estimate of drug-likeness (QED) is 0.891. The van der Waals surface area contributed by atoms with Crippen LogP contribution in [0.3, 0.4) is 0 Å². The SMILES string of the molecule is C[C@@H]1CN(C2CCc3c(F)cccc32)C[C@H]1C(=O)O. The summed E-state index contributed by atoms with van der Waals surface area (Å²) >= 11 is 0. The Kier molecular flexibility index (Phi) is 3.05. The summed E-state index contributed by atoms with van der Waals surface area (Å²) in [5, 5.41) is 9.20. The molecule has 1 heterocycles. The summed E-state index contributed by atoms with van der Waals surface area (Å²) < 4.78 is 13.7. The Morgan fingerprint density at radius 2 is 2.21 bits per heavy atom. The van der Waals surface area contributed by atoms with Crippen LogP contribution < -0.4 is 0 Å². The van der Waals surface area contributed by atoms with Crippen molar-refractivity contribution in [2.45, 2.75) is 25.8 Å². The fraction of sp³-hybridized carbons (Fsp3) is 0.533. The van der Waals surface area contributed by atoms with E-state index in [1.54, 1.807) is 6.07 Å². The van der Waals surface area contributed by atoms with Crippen LogP contribution in [0.25, 0.3) is 0 Å². The van der Waals surface area contributed by atoms with Crippen molar-refractivity contribution in [3.8, 4) is 0 Å². The van der Waals surface area contributed by atoms with E-state index in [0.717, 1.165) is 30.5 Å². The Morgan fingerprint density at radius 3 is 2.89 bits per heavy atom. The molecule has 3 atom stereocenters. The number of carboxylic acids is 1. The molecule has 0 bridgehead atoms. The Morgan fingerprint density at radius 1 is 1.42 bits per heavy atom. The molecule has 1 aliphatic heterocycles. The molecule has 2 aliphatic rings. The maximum atomic E-state index is 13.7. The molecule has 1 aromatic rings. The minimum atomic E-state index is -0.715. The lowest BCUT2D eigenvalue weighted by atomic mass is 9.99. The van der Waals surface area contributed by atoms with Crippen molar-refractivity contribution in [1.29, 1.82) is 0 Å². The zero-order valence-corrected chi connectivity index (χ0v) is 11.0. The summed E-state index contributed by atoms with van der Waals surface area (Å²) in [5.41, 5.74) is 1.87. The molecule has 3 rings (SSSR count). The summed E-state index contributed by atoms with van der Waals surface area (Å²) in [7, 11) is 0. The number of nitrogens with zero attached hydrogens (tertiary/aromatic N) is 1. The van der Waals surface area contributed by atoms with Crippen LogP contribution in [0, 0.1) is 17.7 Å². The second-order valence-corrected chi connectivity index (χ2v) is 5.74. The molecule has 0 amide bonds. The van der Waals surface area contributed by atoms with Crippen molar-refractivity contribution in [3.63, 3.8) is 0 Å². The van der Waals surface area contributed by atoms with Gasteiger partial charge in [0.2, 0.25) is 0 Å². The number of carbonyl (C=O) groups is 1. The largest absolute Gasteiger partial charge is 0.481 e. The summed E-state index contributed by atoms with van der Waals surface area (Å²) in [5.74, 6) is -0.970. The highest BCUT2D eigenvalue weighted by Crippen LogP contribution is 2.40. The Bertz CT molecular complexity index is 517. The molecule has 1 saturated heterocycles. The molecule has 1 unspecified atom stereocenters. The van der Waals surface area contributed by atoms with Gasteiger partial charge in [0, 0.05) is 19.1 Å². The van der Waals surface area contributed by atoms with E-state index in [1.165, 1.54) is 6.07 Å². The van der Waals surface area contributed by atoms with Gasteiger partial charge in [-0.3, -0.25) is 9.69 Å². The number of aliphatic carboxylic acids is 1. The fourth-order valence-corrected chi connectivity index (χ4v) is 3.55. The van der Waals surface area contributed by atoms with E-state index >= 15 is 0 Å². The number of hydrogen-bond acceptors (Lipinski definition) is 2. The number of hydrogen-bond donors (Lipinski definition) is 1. The van der Waals surface area contributed by atoms with Gasteiger partial charge in [-0.15, -0.1) is 0 Å². The monoisotopic (exact) mass is 263 g/mol. The Hall–Kier alpha value is -1.42. The minimum absolute atomic E-state index is 0.123. The zero-order chi connectivity index (χ0) is 13.6. The molecule has 19 heavy (non-hydrogen) atoms. The molecule has 0 spiro atoms. The van der Waals surface area contributed by atoms with Crippen LogP contribution in [0.5, 0.6) is 0 Å². The Labute approximate surface area is 112 Å². The van der Waals surface area contributed by atoms with Crippen LogP contribution in [-0.4, -0.2) is 29.1 Å². The lowest BCUT2D eigenvalue weighted by Crippen LogP contribution is -2.26. The highest BCUT2D eigenvalue weighted by atomic mass is 19.1. The van der Waals surface area contributed by atoms with Crippen molar-refractivity contribution in [3.05, 3.63) is 35.1 Å². The number of rotatable bonds is 2. The van der Waals surface area contributed by atoms with Crippen LogP contribution in [0.2, 0.25) is 0 Å². The van der Waals surface area contributed by atoms with Gasteiger partial charge in [0.1, 0.15) is 5.82 Å². The van der Waals surface area contributed by atoms with Gasteiger partial charge in [0.15, 0.2) is 0 Å². The Balaban J connectivity index is 1.84. The first-order valence-corrected chi connectivity index (χ1v) is 6.82. The lowest BCUT2D eigenvalue weighted by Gasteiger charge is -2.24. The van der Waals surface area contributed by atoms with Gasteiger partial charge >= 0.3 is 5.97 Å². The van der Waals surface area contributed by atoms with Crippen LogP contribution in [0.4, 0.5) is 4.39 Å². The van der Waals surface area contributed by atoms with Gasteiger partial charge in [0.25, 0.3) is 0 Å². The van der Waals surface area contributed by atoms with Crippen molar-refractivity contribution < 1.29 is 14.3 Å². The van der Waals surface area contributed by atoms with Crippen molar-refractivity contribution in [1.82, 2.24) is 4.90 Å². The third-order valence-electron chi connectivity index (χ3n) is 4.58. The summed E-state index contributed by atoms with van der Waals surface area (Å²) in [6, 6.07) is 5.43. The van der Waals surface area contributed by atoms with Gasteiger partial charge in [-0.05, 0) is 36.0 Å². The zero-order valence-electron chi connectivity index (χ0n) is 11.0. The van der Waals surface area contributed by atoms with Crippen LogP contribution in [0.1, 0.15) is 30.5 Å². The van der Waals surface area contributed by atoms with Gasteiger partial charge in [-0.2, -0.15) is 0 Å². The molecular weight excluding hydrogens is 245 g/mol. The first-order valence-electron chi connectivity index (χ1n) is 6.82. The predicted octanol–water partition coefficient (Wildman–Crippen LogP) is 2.47. The highest BCUT2D eigenvalue weighted by molar-refractivity contribution is 5.71. The average Bonchev–Trinajstić information content (AvgIpc) is 2.93. The maximum Gasteiger partial charge on any atom is 0.308 e. The summed E-state index contributed by atoms with van der Waals surface area (Å²) in [6.07, 6.45) is 1.66. The van der Waals surface area contributed by atoms with Gasteiger partial charge in [-0.1, -0.05) is 19.1 Å². The maximum absolute atomic E-state index is 13.7. The molecule has 1 N–H and O–H groups in total. The van der Waals surface area contributed by atoms with Crippen molar-refractivity contribution >= 4 is 5.97 Å². The summed E-state index contributed by atoms with van der Waals surface area (Å²) in [6.45, 7) is 3.36. The van der Waals surface area contributed by atoms with E-state index < -0.39 is 5.97 Å². The number of benzene rings is 1. The van der Waals surface area contributed by atoms with Gasteiger partial charge in [0.05, 0.1) is 5.92 Å². The summed E-state index contributed by atoms with van der Waals surface area (Å²) in [4.78, 5) is 13.4. The highest BCUT2D eigenvalue weighted by Gasteiger charge is 2.40. The van der Waals surface area contributed by atoms with E-state index in [4.69, 9.17) is 0 Å². The first kappa shape index (κ1) is 12.6. The van der Waals surface area contributed by atoms with Crippen molar-refractivity contribution in [2.75, 3.05) is 13.1 Å². The fourth-order valence-electron chi connectivity index (χ4n) is 3.55. The molecule has 0 saturated carbocycles. The number of halogens is 1. The molecule has 1 aliphatic carbocycles. The third-order valence-corrected chi connectivity index (χ3v) is 4.58. The molecule has 3 nitrogen and oxygen atoms in total. The number of carboxylic acid groups (broad SMARTS) is 1. The number of likely N-dealkylation sites (tertiary alicyclic amines) is 1. The third kappa shape index (κ3) is 2.04. The van der Waals surface area contributed by atoms with E-state index in [2.05, 4.69) is 4.90 Å². The second-order valence-electron chi connectivity index (χ2n) is 5.74. The van der Waals surface area contributed by atoms with E-state index in [9.17, 15) is 14.3 Å². The smallest absolute Gasteiger partial charge is 0.308 e. The average molecular weight is 263 g/mol. The molecule has 102 valence electrons. The predicted molar refractivity (Wildman–Crippen MR) is 69.3 cm³/mol. The standard InChI is InChI=1S/C15H18FNO2/c1-9-7-17(8-12(9)15(18)19)14-6-5-10-11(14)3-2-4-13(10)16/h2-4,9,12,14H,5-8H2,1H3,(H,18,19)/t9-,12-,14?/m1/s1. The van der Waals surface area contributed by atoms with E-state index in [1.807, 2.05) is 13.0 Å². The van der Waals surface area contributed by atoms with E-state index in [-0.39, 0.29) is 23.7 Å². The van der Waals surface area contributed by atoms with Crippen molar-refractivity contribution in [2.24, 2.45) is 11.8 Å². The normalized spacial score (nSPS) is 30.5. The van der Waals surface area contributed by atoms with Gasteiger partial charge in [-0.25, -0.2) is 4.39 Å². The molecule has 4 heteroatoms. The van der Waals surface area contributed by atoms with Gasteiger partial charge < -0.3 is 5.11 Å². The number of fused-ring (bicyclic) bond motifs is 1. The lowest BCUT2D eigenvalue weighted by molar-refractivity contribution is -0.142. The molecule has 0 radical (unpaired) electrons. The van der Waals surface area contributed by atoms with Crippen LogP contribution in [-0.2, 0) is 11.2 Å². The first-order chi connectivity index (χ1) is 9.08. The molecule has 1 fully saturated rings. The second kappa shape index (κ2) is 4.60. The van der Waals surface area contributed by atoms with Crippen LogP contribution >= 0.6 is 0 Å². The molecule has 0 aromatic heterocycles.